The van der Waals surface area contributed by atoms with Gasteiger partial charge in [0.05, 0.1) is 27.9 Å². The van der Waals surface area contributed by atoms with Crippen LogP contribution in [0.2, 0.25) is 0 Å². The van der Waals surface area contributed by atoms with Gasteiger partial charge in [-0.15, -0.1) is 11.3 Å². The van der Waals surface area contributed by atoms with Gasteiger partial charge in [0.25, 0.3) is 0 Å². The number of hydrogen-bond donors (Lipinski definition) is 1. The average Bonchev–Trinajstić information content (AvgIpc) is 3.21. The number of methoxy groups -OCH3 is 3. The van der Waals surface area contributed by atoms with Crippen LogP contribution in [0.1, 0.15) is 15.3 Å². The van der Waals surface area contributed by atoms with E-state index in [0.717, 1.165) is 19.5 Å². The Hall–Kier alpha value is -3.03. The van der Waals surface area contributed by atoms with Gasteiger partial charge in [-0.1, -0.05) is 30.3 Å². The summed E-state index contributed by atoms with van der Waals surface area (Å²) in [5.74, 6) is 1.39. The summed E-state index contributed by atoms with van der Waals surface area (Å²) in [5.41, 5.74) is 1.85. The molecule has 0 spiro atoms. The van der Waals surface area contributed by atoms with Crippen LogP contribution in [0, 0.1) is 6.92 Å². The predicted octanol–water partition coefficient (Wildman–Crippen LogP) is 4.77. The van der Waals surface area contributed by atoms with Gasteiger partial charge in [0.15, 0.2) is 11.5 Å². The lowest BCUT2D eigenvalue weighted by Gasteiger charge is -2.22. The van der Waals surface area contributed by atoms with Crippen LogP contribution < -0.4 is 19.5 Å². The van der Waals surface area contributed by atoms with Crippen molar-refractivity contribution < 1.29 is 19.0 Å². The van der Waals surface area contributed by atoms with Crippen LogP contribution in [0.15, 0.2) is 54.6 Å². The molecule has 0 saturated heterocycles. The van der Waals surface area contributed by atoms with Gasteiger partial charge in [-0.25, -0.2) is 0 Å². The Morgan fingerprint density at radius 2 is 1.66 bits per heavy atom. The quantitative estimate of drug-likeness (QED) is 0.452. The Balaban J connectivity index is 1.71. The number of ether oxygens (including phenoxy) is 3. The van der Waals surface area contributed by atoms with Gasteiger partial charge in [-0.3, -0.25) is 9.69 Å². The minimum atomic E-state index is -0.0967. The van der Waals surface area contributed by atoms with Crippen LogP contribution in [0.5, 0.6) is 17.2 Å². The smallest absolute Gasteiger partial charge is 0.238 e. The standard InChI is InChI=1S/C25H30N2O4S/c1-18-10-11-21(32-18)16-27(13-12-19-8-6-5-7-9-19)17-24(28)26-20-14-22(29-2)25(31-4)23(15-20)30-3/h5-11,14-15H,12-13,16-17H2,1-4H3,(H,26,28). The normalized spacial score (nSPS) is 10.8. The number of carbonyl (C=O) groups is 1. The van der Waals surface area contributed by atoms with Gasteiger partial charge in [0, 0.05) is 40.7 Å². The lowest BCUT2D eigenvalue weighted by molar-refractivity contribution is -0.117. The van der Waals surface area contributed by atoms with E-state index in [9.17, 15) is 4.79 Å². The van der Waals surface area contributed by atoms with Crippen molar-refractivity contribution >= 4 is 22.9 Å². The number of amides is 1. The second-order valence-corrected chi connectivity index (χ2v) is 8.79. The van der Waals surface area contributed by atoms with Crippen molar-refractivity contribution in [3.8, 4) is 17.2 Å². The van der Waals surface area contributed by atoms with E-state index in [1.807, 2.05) is 18.2 Å². The van der Waals surface area contributed by atoms with Crippen molar-refractivity contribution in [3.05, 3.63) is 69.9 Å². The number of nitrogens with zero attached hydrogens (tertiary/aromatic N) is 1. The van der Waals surface area contributed by atoms with Crippen LogP contribution in [0.4, 0.5) is 5.69 Å². The summed E-state index contributed by atoms with van der Waals surface area (Å²) < 4.78 is 16.1. The monoisotopic (exact) mass is 454 g/mol. The van der Waals surface area contributed by atoms with Gasteiger partial charge in [-0.05, 0) is 31.0 Å². The molecule has 170 valence electrons. The summed E-state index contributed by atoms with van der Waals surface area (Å²) in [6, 6.07) is 18.0. The summed E-state index contributed by atoms with van der Waals surface area (Å²) in [6.45, 7) is 3.89. The third-order valence-electron chi connectivity index (χ3n) is 5.05. The number of carbonyl (C=O) groups excluding carboxylic acids is 1. The van der Waals surface area contributed by atoms with Crippen molar-refractivity contribution in [1.82, 2.24) is 4.90 Å². The van der Waals surface area contributed by atoms with E-state index in [-0.39, 0.29) is 12.5 Å². The maximum absolute atomic E-state index is 12.9. The van der Waals surface area contributed by atoms with E-state index in [4.69, 9.17) is 14.2 Å². The van der Waals surface area contributed by atoms with E-state index in [2.05, 4.69) is 41.4 Å². The molecule has 0 atom stereocenters. The number of rotatable bonds is 11. The van der Waals surface area contributed by atoms with Crippen molar-refractivity contribution in [1.29, 1.82) is 0 Å². The summed E-state index contributed by atoms with van der Waals surface area (Å²) in [4.78, 5) is 17.6. The van der Waals surface area contributed by atoms with Gasteiger partial charge in [-0.2, -0.15) is 0 Å². The average molecular weight is 455 g/mol. The molecule has 32 heavy (non-hydrogen) atoms. The SMILES string of the molecule is COc1cc(NC(=O)CN(CCc2ccccc2)Cc2ccc(C)s2)cc(OC)c1OC. The van der Waals surface area contributed by atoms with Crippen LogP contribution >= 0.6 is 11.3 Å². The topological polar surface area (TPSA) is 60.0 Å². The molecule has 0 bridgehead atoms. The highest BCUT2D eigenvalue weighted by Gasteiger charge is 2.17. The third kappa shape index (κ3) is 6.48. The summed E-state index contributed by atoms with van der Waals surface area (Å²) in [5, 5.41) is 2.97. The molecular weight excluding hydrogens is 424 g/mol. The number of anilines is 1. The highest BCUT2D eigenvalue weighted by Crippen LogP contribution is 2.39. The second kappa shape index (κ2) is 11.5. The highest BCUT2D eigenvalue weighted by atomic mass is 32.1. The molecule has 0 aliphatic rings. The van der Waals surface area contributed by atoms with Gasteiger partial charge < -0.3 is 19.5 Å². The van der Waals surface area contributed by atoms with Crippen LogP contribution in [-0.4, -0.2) is 45.2 Å². The van der Waals surface area contributed by atoms with E-state index < -0.39 is 0 Å². The molecule has 0 radical (unpaired) electrons. The Kier molecular flexibility index (Phi) is 8.53. The van der Waals surface area contributed by atoms with Crippen LogP contribution in [0.3, 0.4) is 0 Å². The predicted molar refractivity (Wildman–Crippen MR) is 129 cm³/mol. The molecule has 6 nitrogen and oxygen atoms in total. The van der Waals surface area contributed by atoms with E-state index >= 15 is 0 Å². The molecule has 0 fully saturated rings. The minimum Gasteiger partial charge on any atom is -0.493 e. The first-order valence-corrected chi connectivity index (χ1v) is 11.3. The maximum atomic E-state index is 12.9. The Labute approximate surface area is 193 Å². The van der Waals surface area contributed by atoms with Crippen molar-refractivity contribution in [2.45, 2.75) is 19.9 Å². The molecule has 3 aromatic rings. The first kappa shape index (κ1) is 23.6. The molecule has 7 heteroatoms. The van der Waals surface area contributed by atoms with Crippen molar-refractivity contribution in [2.75, 3.05) is 39.7 Å². The lowest BCUT2D eigenvalue weighted by atomic mass is 10.1. The summed E-state index contributed by atoms with van der Waals surface area (Å²) in [7, 11) is 4.66. The van der Waals surface area contributed by atoms with Crippen molar-refractivity contribution in [3.63, 3.8) is 0 Å². The third-order valence-corrected chi connectivity index (χ3v) is 6.04. The number of aryl methyl sites for hydroxylation is 1. The molecule has 0 aliphatic carbocycles. The fourth-order valence-electron chi connectivity index (χ4n) is 3.49. The zero-order valence-corrected chi connectivity index (χ0v) is 19.8. The molecular formula is C25H30N2O4S. The molecule has 1 amide bonds. The Bertz CT molecular complexity index is 995. The first-order valence-electron chi connectivity index (χ1n) is 10.4. The lowest BCUT2D eigenvalue weighted by Crippen LogP contribution is -2.34. The summed E-state index contributed by atoms with van der Waals surface area (Å²) in [6.07, 6.45) is 0.878. The largest absolute Gasteiger partial charge is 0.493 e. The molecule has 0 aliphatic heterocycles. The van der Waals surface area contributed by atoms with Gasteiger partial charge >= 0.3 is 0 Å². The van der Waals surface area contributed by atoms with Gasteiger partial charge in [0.2, 0.25) is 11.7 Å². The highest BCUT2D eigenvalue weighted by molar-refractivity contribution is 7.11. The Morgan fingerprint density at radius 1 is 0.969 bits per heavy atom. The molecule has 0 saturated carbocycles. The van der Waals surface area contributed by atoms with Crippen LogP contribution in [-0.2, 0) is 17.8 Å². The number of hydrogen-bond acceptors (Lipinski definition) is 6. The van der Waals surface area contributed by atoms with E-state index in [0.29, 0.717) is 22.9 Å². The first-order chi connectivity index (χ1) is 15.5. The number of nitrogens with one attached hydrogen (secondary N) is 1. The number of benzene rings is 2. The van der Waals surface area contributed by atoms with E-state index in [1.54, 1.807) is 44.8 Å². The fourth-order valence-corrected chi connectivity index (χ4v) is 4.43. The molecule has 1 aromatic heterocycles. The summed E-state index contributed by atoms with van der Waals surface area (Å²) >= 11 is 1.76. The molecule has 1 N–H and O–H groups in total. The molecule has 3 rings (SSSR count). The maximum Gasteiger partial charge on any atom is 0.238 e. The molecule has 1 heterocycles. The Morgan fingerprint density at radius 3 is 2.22 bits per heavy atom. The zero-order valence-electron chi connectivity index (χ0n) is 19.0. The molecule has 0 unspecified atom stereocenters. The second-order valence-electron chi connectivity index (χ2n) is 7.42. The number of thiophene rings is 1. The molecule has 2 aromatic carbocycles. The minimum absolute atomic E-state index is 0.0967. The van der Waals surface area contributed by atoms with E-state index in [1.165, 1.54) is 15.3 Å². The van der Waals surface area contributed by atoms with Crippen LogP contribution in [0.25, 0.3) is 0 Å². The van der Waals surface area contributed by atoms with Gasteiger partial charge in [0.1, 0.15) is 0 Å². The fraction of sp³-hybridized carbons (Fsp3) is 0.320. The van der Waals surface area contributed by atoms with Crippen molar-refractivity contribution in [2.24, 2.45) is 0 Å². The zero-order chi connectivity index (χ0) is 22.9.